The van der Waals surface area contributed by atoms with E-state index >= 15 is 0 Å². The molecule has 7 heteroatoms. The lowest BCUT2D eigenvalue weighted by molar-refractivity contribution is 0.0782. The molecular weight excluding hydrogens is 366 g/mol. The van der Waals surface area contributed by atoms with E-state index in [0.717, 1.165) is 11.1 Å². The number of nitrogens with zero attached hydrogens (tertiary/aromatic N) is 5. The smallest absolute Gasteiger partial charge is 0.274 e. The molecule has 1 saturated heterocycles. The number of amides is 1. The maximum Gasteiger partial charge on any atom is 0.274 e. The molecule has 2 atom stereocenters. The molecule has 0 bridgehead atoms. The number of benzene rings is 2. The highest BCUT2D eigenvalue weighted by Crippen LogP contribution is 2.39. The van der Waals surface area contributed by atoms with Gasteiger partial charge in [0.05, 0.1) is 23.1 Å². The van der Waals surface area contributed by atoms with E-state index in [4.69, 9.17) is 4.52 Å². The van der Waals surface area contributed by atoms with Crippen LogP contribution in [-0.4, -0.2) is 44.0 Å². The maximum atomic E-state index is 13.2. The van der Waals surface area contributed by atoms with Crippen LogP contribution in [0.25, 0.3) is 11.0 Å². The van der Waals surface area contributed by atoms with Crippen molar-refractivity contribution in [1.29, 1.82) is 0 Å². The minimum atomic E-state index is -0.136. The van der Waals surface area contributed by atoms with Gasteiger partial charge in [-0.2, -0.15) is 4.98 Å². The molecule has 29 heavy (non-hydrogen) atoms. The van der Waals surface area contributed by atoms with E-state index in [2.05, 4.69) is 32.2 Å². The number of hydrogen-bond acceptors (Lipinski definition) is 6. The minimum Gasteiger partial charge on any atom is -0.339 e. The number of carbonyl (C=O) groups excluding carboxylic acids is 1. The highest BCUT2D eigenvalue weighted by molar-refractivity contribution is 5.94. The first-order chi connectivity index (χ1) is 14.2. The quantitative estimate of drug-likeness (QED) is 0.538. The van der Waals surface area contributed by atoms with Gasteiger partial charge in [0.1, 0.15) is 5.69 Å². The van der Waals surface area contributed by atoms with Crippen LogP contribution in [0, 0.1) is 6.92 Å². The van der Waals surface area contributed by atoms with Gasteiger partial charge in [-0.1, -0.05) is 47.6 Å². The molecule has 0 radical (unpaired) electrons. The summed E-state index contributed by atoms with van der Waals surface area (Å²) in [5, 5.41) is 3.94. The molecule has 2 aromatic carbocycles. The normalized spacial score (nSPS) is 19.0. The van der Waals surface area contributed by atoms with Crippen molar-refractivity contribution in [3.63, 3.8) is 0 Å². The highest BCUT2D eigenvalue weighted by Gasteiger charge is 2.40. The molecule has 4 aromatic rings. The molecule has 1 aliphatic rings. The fraction of sp³-hybridized carbons (Fsp3) is 0.227. The second kappa shape index (κ2) is 7.09. The van der Waals surface area contributed by atoms with E-state index in [1.165, 1.54) is 0 Å². The first kappa shape index (κ1) is 17.5. The monoisotopic (exact) mass is 385 g/mol. The molecule has 1 aliphatic heterocycles. The van der Waals surface area contributed by atoms with Crippen molar-refractivity contribution in [2.75, 3.05) is 13.1 Å². The van der Waals surface area contributed by atoms with Crippen molar-refractivity contribution in [3.8, 4) is 0 Å². The fourth-order valence-electron chi connectivity index (χ4n) is 3.94. The Morgan fingerprint density at radius 2 is 1.69 bits per heavy atom. The van der Waals surface area contributed by atoms with Crippen molar-refractivity contribution in [2.24, 2.45) is 0 Å². The number of rotatable bonds is 3. The van der Waals surface area contributed by atoms with Crippen LogP contribution in [0.2, 0.25) is 0 Å². The fourth-order valence-corrected chi connectivity index (χ4v) is 3.94. The van der Waals surface area contributed by atoms with Crippen LogP contribution in [0.4, 0.5) is 0 Å². The average Bonchev–Trinajstić information content (AvgIpc) is 3.40. The molecule has 0 N–H and O–H groups in total. The van der Waals surface area contributed by atoms with Crippen molar-refractivity contribution < 1.29 is 9.32 Å². The molecule has 0 saturated carbocycles. The lowest BCUT2D eigenvalue weighted by atomic mass is 9.89. The van der Waals surface area contributed by atoms with Gasteiger partial charge in [0.25, 0.3) is 5.91 Å². The number of fused-ring (bicyclic) bond motifs is 1. The Morgan fingerprint density at radius 3 is 2.45 bits per heavy atom. The van der Waals surface area contributed by atoms with Gasteiger partial charge in [0.2, 0.25) is 5.89 Å². The summed E-state index contributed by atoms with van der Waals surface area (Å²) < 4.78 is 5.46. The topological polar surface area (TPSA) is 85.0 Å². The Hall–Kier alpha value is -3.61. The summed E-state index contributed by atoms with van der Waals surface area (Å²) in [7, 11) is 0. The summed E-state index contributed by atoms with van der Waals surface area (Å²) in [5.74, 6) is 1.04. The molecule has 3 heterocycles. The second-order valence-corrected chi connectivity index (χ2v) is 7.26. The van der Waals surface area contributed by atoms with E-state index in [9.17, 15) is 4.79 Å². The number of hydrogen-bond donors (Lipinski definition) is 0. The van der Waals surface area contributed by atoms with Gasteiger partial charge in [0.15, 0.2) is 5.82 Å². The Bertz CT molecular complexity index is 1170. The number of likely N-dealkylation sites (tertiary alicyclic amines) is 1. The van der Waals surface area contributed by atoms with Crippen molar-refractivity contribution in [1.82, 2.24) is 25.0 Å². The van der Waals surface area contributed by atoms with Crippen molar-refractivity contribution in [2.45, 2.75) is 18.8 Å². The second-order valence-electron chi connectivity index (χ2n) is 7.26. The van der Waals surface area contributed by atoms with Gasteiger partial charge in [0, 0.05) is 19.0 Å². The first-order valence-corrected chi connectivity index (χ1v) is 9.55. The van der Waals surface area contributed by atoms with Gasteiger partial charge in [-0.05, 0) is 24.6 Å². The summed E-state index contributed by atoms with van der Waals surface area (Å²) in [6, 6.07) is 17.7. The number of aromatic nitrogens is 4. The van der Waals surface area contributed by atoms with E-state index in [0.29, 0.717) is 36.0 Å². The number of carbonyl (C=O) groups is 1. The molecule has 144 valence electrons. The zero-order valence-corrected chi connectivity index (χ0v) is 15.9. The molecule has 7 nitrogen and oxygen atoms in total. The third-order valence-corrected chi connectivity index (χ3v) is 5.36. The Labute approximate surface area is 167 Å². The van der Waals surface area contributed by atoms with E-state index in [-0.39, 0.29) is 17.7 Å². The zero-order valence-electron chi connectivity index (χ0n) is 15.9. The molecule has 0 unspecified atom stereocenters. The van der Waals surface area contributed by atoms with Crippen LogP contribution in [-0.2, 0) is 0 Å². The number of para-hydroxylation sites is 2. The van der Waals surface area contributed by atoms with Crippen molar-refractivity contribution in [3.05, 3.63) is 83.8 Å². The van der Waals surface area contributed by atoms with E-state index < -0.39 is 0 Å². The summed E-state index contributed by atoms with van der Waals surface area (Å²) in [6.07, 6.45) is 1.55. The molecule has 0 aliphatic carbocycles. The average molecular weight is 385 g/mol. The van der Waals surface area contributed by atoms with E-state index in [1.807, 2.05) is 42.5 Å². The maximum absolute atomic E-state index is 13.2. The lowest BCUT2D eigenvalue weighted by Gasteiger charge is -2.16. The van der Waals surface area contributed by atoms with Crippen LogP contribution in [0.3, 0.4) is 0 Å². The molecular formula is C22H19N5O2. The standard InChI is InChI=1S/C22H19N5O2/c1-14-24-21(29-26-14)17-13-27(12-16(17)15-7-3-2-4-8-15)22(28)20-11-23-18-9-5-6-10-19(18)25-20/h2-11,16-17H,12-13H2,1H3/t16-,17+/m0/s1. The third-order valence-electron chi connectivity index (χ3n) is 5.36. The predicted molar refractivity (Wildman–Crippen MR) is 106 cm³/mol. The summed E-state index contributed by atoms with van der Waals surface area (Å²) in [4.78, 5) is 28.3. The molecule has 2 aromatic heterocycles. The van der Waals surface area contributed by atoms with Gasteiger partial charge >= 0.3 is 0 Å². The SMILES string of the molecule is Cc1noc([C@@H]2CN(C(=O)c3cnc4ccccc4n3)C[C@H]2c2ccccc2)n1. The molecule has 1 fully saturated rings. The van der Waals surface area contributed by atoms with Crippen LogP contribution >= 0.6 is 0 Å². The zero-order chi connectivity index (χ0) is 19.8. The van der Waals surface area contributed by atoms with Crippen molar-refractivity contribution >= 4 is 16.9 Å². The highest BCUT2D eigenvalue weighted by atomic mass is 16.5. The summed E-state index contributed by atoms with van der Waals surface area (Å²) >= 11 is 0. The predicted octanol–water partition coefficient (Wildman–Crippen LogP) is 3.34. The molecule has 1 amide bonds. The molecule has 0 spiro atoms. The Morgan fingerprint density at radius 1 is 0.966 bits per heavy atom. The number of aryl methyl sites for hydroxylation is 1. The Balaban J connectivity index is 1.47. The van der Waals surface area contributed by atoms with Crippen LogP contribution in [0.1, 0.15) is 39.6 Å². The minimum absolute atomic E-state index is 0.0593. The van der Waals surface area contributed by atoms with Gasteiger partial charge in [-0.25, -0.2) is 4.98 Å². The van der Waals surface area contributed by atoms with Crippen LogP contribution in [0.15, 0.2) is 65.3 Å². The summed E-state index contributed by atoms with van der Waals surface area (Å²) in [5.41, 5.74) is 2.97. The van der Waals surface area contributed by atoms with E-state index in [1.54, 1.807) is 18.0 Å². The Kier molecular flexibility index (Phi) is 4.27. The molecule has 5 rings (SSSR count). The largest absolute Gasteiger partial charge is 0.339 e. The van der Waals surface area contributed by atoms with Gasteiger partial charge < -0.3 is 9.42 Å². The first-order valence-electron chi connectivity index (χ1n) is 9.55. The van der Waals surface area contributed by atoms with Crippen LogP contribution < -0.4 is 0 Å². The lowest BCUT2D eigenvalue weighted by Crippen LogP contribution is -2.29. The third kappa shape index (κ3) is 3.24. The van der Waals surface area contributed by atoms with Gasteiger partial charge in [-0.3, -0.25) is 9.78 Å². The summed E-state index contributed by atoms with van der Waals surface area (Å²) in [6.45, 7) is 2.85. The van der Waals surface area contributed by atoms with Crippen LogP contribution in [0.5, 0.6) is 0 Å². The van der Waals surface area contributed by atoms with Gasteiger partial charge in [-0.15, -0.1) is 0 Å².